The topological polar surface area (TPSA) is 91.0 Å². The molecule has 8 heteroatoms. The molecule has 0 spiro atoms. The van der Waals surface area contributed by atoms with Gasteiger partial charge in [0.05, 0.1) is 18.5 Å². The zero-order chi connectivity index (χ0) is 25.1. The molecule has 5 rings (SSSR count). The Hall–Kier alpha value is -3.39. The van der Waals surface area contributed by atoms with E-state index in [4.69, 9.17) is 4.74 Å². The summed E-state index contributed by atoms with van der Waals surface area (Å²) in [6.07, 6.45) is 5.62. The average Bonchev–Trinajstić information content (AvgIpc) is 3.08. The molecular formula is C28H34N4O4. The summed E-state index contributed by atoms with van der Waals surface area (Å²) >= 11 is 0. The smallest absolute Gasteiger partial charge is 0.258 e. The summed E-state index contributed by atoms with van der Waals surface area (Å²) in [7, 11) is 1.58. The molecule has 8 nitrogen and oxygen atoms in total. The number of nitrogens with zero attached hydrogens (tertiary/aromatic N) is 2. The number of ether oxygens (including phenoxy) is 1. The van der Waals surface area contributed by atoms with Crippen LogP contribution in [-0.2, 0) is 4.79 Å². The summed E-state index contributed by atoms with van der Waals surface area (Å²) < 4.78 is 5.36. The van der Waals surface area contributed by atoms with Gasteiger partial charge in [0.1, 0.15) is 5.75 Å². The molecule has 0 aromatic heterocycles. The molecule has 3 amide bonds. The lowest BCUT2D eigenvalue weighted by Crippen LogP contribution is -2.46. The van der Waals surface area contributed by atoms with Crippen LogP contribution in [0.5, 0.6) is 5.75 Å². The summed E-state index contributed by atoms with van der Waals surface area (Å²) in [6.45, 7) is 2.82. The number of hydrogen-bond donors (Lipinski definition) is 2. The normalized spacial score (nSPS) is 20.8. The van der Waals surface area contributed by atoms with E-state index < -0.39 is 0 Å². The van der Waals surface area contributed by atoms with Gasteiger partial charge in [-0.1, -0.05) is 25.3 Å². The van der Waals surface area contributed by atoms with Gasteiger partial charge in [-0.25, -0.2) is 0 Å². The number of anilines is 2. The van der Waals surface area contributed by atoms with Crippen LogP contribution in [-0.4, -0.2) is 62.0 Å². The second kappa shape index (κ2) is 10.7. The Labute approximate surface area is 212 Å². The lowest BCUT2D eigenvalue weighted by atomic mass is 9.81. The van der Waals surface area contributed by atoms with Crippen molar-refractivity contribution >= 4 is 29.1 Å². The highest BCUT2D eigenvalue weighted by Crippen LogP contribution is 2.40. The number of fused-ring (bicyclic) bond motifs is 1. The Morgan fingerprint density at radius 3 is 2.44 bits per heavy atom. The molecule has 2 fully saturated rings. The minimum Gasteiger partial charge on any atom is -0.497 e. The lowest BCUT2D eigenvalue weighted by Gasteiger charge is -2.37. The van der Waals surface area contributed by atoms with Crippen molar-refractivity contribution in [2.45, 2.75) is 44.6 Å². The molecule has 1 unspecified atom stereocenters. The van der Waals surface area contributed by atoms with Crippen LogP contribution in [0.25, 0.3) is 0 Å². The van der Waals surface area contributed by atoms with Crippen LogP contribution in [0.1, 0.15) is 59.2 Å². The van der Waals surface area contributed by atoms with E-state index in [2.05, 4.69) is 10.6 Å². The number of rotatable bonds is 4. The first kappa shape index (κ1) is 24.3. The van der Waals surface area contributed by atoms with Crippen molar-refractivity contribution in [2.24, 2.45) is 5.92 Å². The molecule has 1 atom stereocenters. The predicted octanol–water partition coefficient (Wildman–Crippen LogP) is 3.68. The number of methoxy groups -OCH3 is 1. The Kier molecular flexibility index (Phi) is 7.23. The highest BCUT2D eigenvalue weighted by atomic mass is 16.5. The van der Waals surface area contributed by atoms with Gasteiger partial charge >= 0.3 is 0 Å². The van der Waals surface area contributed by atoms with Crippen molar-refractivity contribution in [3.63, 3.8) is 0 Å². The largest absolute Gasteiger partial charge is 0.497 e. The molecule has 2 heterocycles. The van der Waals surface area contributed by atoms with Crippen molar-refractivity contribution in [1.29, 1.82) is 0 Å². The second-order valence-electron chi connectivity index (χ2n) is 9.90. The SMILES string of the molecule is COc1cccc(C(=O)N2c3ccc(C(=O)N4CCNCC4)cc3NC(=O)CC2C2CCCCC2)c1. The first-order valence-electron chi connectivity index (χ1n) is 13.0. The van der Waals surface area contributed by atoms with E-state index in [1.807, 2.05) is 17.0 Å². The Balaban J connectivity index is 1.55. The third kappa shape index (κ3) is 4.95. The standard InChI is InChI=1S/C28H34N4O4/c1-36-22-9-5-8-20(16-22)28(35)32-24-11-10-21(27(34)31-14-12-29-13-15-31)17-23(24)30-26(33)18-25(32)19-6-3-2-4-7-19/h5,8-11,16-17,19,25,29H,2-4,6-7,12-15,18H2,1H3,(H,30,33). The average molecular weight is 491 g/mol. The number of carbonyl (C=O) groups is 3. The Morgan fingerprint density at radius 1 is 0.944 bits per heavy atom. The summed E-state index contributed by atoms with van der Waals surface area (Å²) in [6, 6.07) is 12.2. The minimum absolute atomic E-state index is 0.0627. The molecule has 36 heavy (non-hydrogen) atoms. The minimum atomic E-state index is -0.250. The zero-order valence-electron chi connectivity index (χ0n) is 20.8. The maximum atomic E-state index is 14.1. The molecule has 1 saturated heterocycles. The van der Waals surface area contributed by atoms with Gasteiger partial charge in [0.25, 0.3) is 11.8 Å². The number of nitrogens with one attached hydrogen (secondary N) is 2. The Bertz CT molecular complexity index is 1140. The maximum Gasteiger partial charge on any atom is 0.258 e. The summed E-state index contributed by atoms with van der Waals surface area (Å²) in [4.78, 5) is 44.0. The van der Waals surface area contributed by atoms with Gasteiger partial charge in [0.15, 0.2) is 0 Å². The van der Waals surface area contributed by atoms with E-state index in [-0.39, 0.29) is 36.1 Å². The van der Waals surface area contributed by atoms with Gasteiger partial charge in [-0.3, -0.25) is 14.4 Å². The lowest BCUT2D eigenvalue weighted by molar-refractivity contribution is -0.116. The molecule has 1 saturated carbocycles. The number of piperazine rings is 1. The molecule has 0 bridgehead atoms. The second-order valence-corrected chi connectivity index (χ2v) is 9.90. The van der Waals surface area contributed by atoms with Gasteiger partial charge in [-0.2, -0.15) is 0 Å². The van der Waals surface area contributed by atoms with E-state index in [9.17, 15) is 14.4 Å². The van der Waals surface area contributed by atoms with Crippen LogP contribution >= 0.6 is 0 Å². The van der Waals surface area contributed by atoms with E-state index in [0.29, 0.717) is 41.3 Å². The third-order valence-corrected chi connectivity index (χ3v) is 7.64. The first-order chi connectivity index (χ1) is 17.5. The van der Waals surface area contributed by atoms with E-state index in [0.717, 1.165) is 38.8 Å². The molecule has 2 aromatic carbocycles. The van der Waals surface area contributed by atoms with Crippen molar-refractivity contribution in [2.75, 3.05) is 43.5 Å². The van der Waals surface area contributed by atoms with Crippen LogP contribution in [0.2, 0.25) is 0 Å². The van der Waals surface area contributed by atoms with Gasteiger partial charge in [-0.05, 0) is 55.2 Å². The van der Waals surface area contributed by atoms with Gasteiger partial charge in [0, 0.05) is 49.8 Å². The van der Waals surface area contributed by atoms with Crippen LogP contribution in [0.15, 0.2) is 42.5 Å². The molecule has 2 aliphatic heterocycles. The maximum absolute atomic E-state index is 14.1. The van der Waals surface area contributed by atoms with Crippen molar-refractivity contribution in [1.82, 2.24) is 10.2 Å². The summed E-state index contributed by atoms with van der Waals surface area (Å²) in [5.41, 5.74) is 2.17. The number of amides is 3. The summed E-state index contributed by atoms with van der Waals surface area (Å²) in [5, 5.41) is 6.27. The van der Waals surface area contributed by atoms with Gasteiger partial charge in [-0.15, -0.1) is 0 Å². The van der Waals surface area contributed by atoms with E-state index in [1.165, 1.54) is 6.42 Å². The molecule has 2 aromatic rings. The van der Waals surface area contributed by atoms with Crippen LogP contribution in [0.3, 0.4) is 0 Å². The quantitative estimate of drug-likeness (QED) is 0.682. The van der Waals surface area contributed by atoms with Crippen LogP contribution < -0.4 is 20.3 Å². The first-order valence-corrected chi connectivity index (χ1v) is 13.0. The molecular weight excluding hydrogens is 456 g/mol. The fraction of sp³-hybridized carbons (Fsp3) is 0.464. The highest BCUT2D eigenvalue weighted by molar-refractivity contribution is 6.12. The monoisotopic (exact) mass is 490 g/mol. The fourth-order valence-corrected chi connectivity index (χ4v) is 5.74. The number of benzene rings is 2. The number of carbonyl (C=O) groups excluding carboxylic acids is 3. The molecule has 0 radical (unpaired) electrons. The molecule has 1 aliphatic carbocycles. The Morgan fingerprint density at radius 2 is 1.69 bits per heavy atom. The van der Waals surface area contributed by atoms with Crippen molar-refractivity contribution in [3.05, 3.63) is 53.6 Å². The van der Waals surface area contributed by atoms with E-state index >= 15 is 0 Å². The van der Waals surface area contributed by atoms with Crippen LogP contribution in [0.4, 0.5) is 11.4 Å². The zero-order valence-corrected chi connectivity index (χ0v) is 20.8. The van der Waals surface area contributed by atoms with Crippen LogP contribution in [0, 0.1) is 5.92 Å². The van der Waals surface area contributed by atoms with E-state index in [1.54, 1.807) is 42.3 Å². The van der Waals surface area contributed by atoms with Crippen molar-refractivity contribution in [3.8, 4) is 5.75 Å². The highest BCUT2D eigenvalue weighted by Gasteiger charge is 2.38. The molecule has 190 valence electrons. The van der Waals surface area contributed by atoms with Gasteiger partial charge < -0.3 is 25.2 Å². The third-order valence-electron chi connectivity index (χ3n) is 7.64. The fourth-order valence-electron chi connectivity index (χ4n) is 5.74. The van der Waals surface area contributed by atoms with Gasteiger partial charge in [0.2, 0.25) is 5.91 Å². The predicted molar refractivity (Wildman–Crippen MR) is 139 cm³/mol. The summed E-state index contributed by atoms with van der Waals surface area (Å²) in [5.74, 6) is 0.499. The molecule has 3 aliphatic rings. The molecule has 2 N–H and O–H groups in total. The van der Waals surface area contributed by atoms with Crippen molar-refractivity contribution < 1.29 is 19.1 Å². The number of hydrogen-bond acceptors (Lipinski definition) is 5.